The third-order valence-electron chi connectivity index (χ3n) is 4.17. The molecule has 0 saturated heterocycles. The molecule has 3 rings (SSSR count). The van der Waals surface area contributed by atoms with Crippen molar-refractivity contribution in [1.29, 1.82) is 0 Å². The highest BCUT2D eigenvalue weighted by atomic mass is 32.2. The van der Waals surface area contributed by atoms with Gasteiger partial charge >= 0.3 is 0 Å². The Morgan fingerprint density at radius 3 is 2.11 bits per heavy atom. The van der Waals surface area contributed by atoms with Crippen LogP contribution in [0.2, 0.25) is 0 Å². The quantitative estimate of drug-likeness (QED) is 0.811. The van der Waals surface area contributed by atoms with E-state index >= 15 is 0 Å². The van der Waals surface area contributed by atoms with Crippen LogP contribution in [0.4, 0.5) is 0 Å². The molecule has 1 atom stereocenters. The number of sulfone groups is 1. The number of rotatable bonds is 5. The van der Waals surface area contributed by atoms with E-state index < -0.39 is 25.9 Å². The van der Waals surface area contributed by atoms with Gasteiger partial charge in [0.05, 0.1) is 23.0 Å². The lowest BCUT2D eigenvalue weighted by Crippen LogP contribution is -2.27. The number of sulfonamides is 1. The molecule has 0 fully saturated rings. The minimum Gasteiger partial charge on any atom is -0.490 e. The second-order valence-corrected chi connectivity index (χ2v) is 10.1. The van der Waals surface area contributed by atoms with Crippen LogP contribution in [0.3, 0.4) is 0 Å². The predicted molar refractivity (Wildman–Crippen MR) is 100 cm³/mol. The van der Waals surface area contributed by atoms with Gasteiger partial charge in [-0.2, -0.15) is 0 Å². The van der Waals surface area contributed by atoms with Crippen LogP contribution in [0.1, 0.15) is 24.9 Å². The highest BCUT2D eigenvalue weighted by molar-refractivity contribution is 7.90. The summed E-state index contributed by atoms with van der Waals surface area (Å²) in [5.41, 5.74) is 0.653. The van der Waals surface area contributed by atoms with E-state index in [1.807, 2.05) is 0 Å². The number of benzene rings is 2. The second kappa shape index (κ2) is 7.49. The Bertz CT molecular complexity index is 1030. The zero-order valence-electron chi connectivity index (χ0n) is 15.0. The number of hydrogen-bond donors (Lipinski definition) is 1. The Morgan fingerprint density at radius 1 is 0.889 bits per heavy atom. The third-order valence-corrected chi connectivity index (χ3v) is 6.84. The standard InChI is InChI=1S/C18H21NO6S2/c1-13(14-4-6-15(7-5-14)26(2,20)21)19-27(22,23)16-8-9-17-18(12-16)25-11-3-10-24-17/h4-9,12-13,19H,3,10-11H2,1-2H3/t13-/m1/s1. The third kappa shape index (κ3) is 4.60. The molecule has 0 unspecified atom stereocenters. The summed E-state index contributed by atoms with van der Waals surface area (Å²) < 4.78 is 62.1. The minimum atomic E-state index is -3.80. The van der Waals surface area contributed by atoms with Crippen molar-refractivity contribution in [3.63, 3.8) is 0 Å². The first-order chi connectivity index (χ1) is 12.7. The highest BCUT2D eigenvalue weighted by Gasteiger charge is 2.21. The van der Waals surface area contributed by atoms with Crippen LogP contribution in [0, 0.1) is 0 Å². The normalized spacial score (nSPS) is 15.8. The molecule has 2 aromatic rings. The lowest BCUT2D eigenvalue weighted by molar-refractivity contribution is 0.297. The Morgan fingerprint density at radius 2 is 1.48 bits per heavy atom. The van der Waals surface area contributed by atoms with Crippen molar-refractivity contribution in [2.75, 3.05) is 19.5 Å². The molecule has 0 aliphatic carbocycles. The van der Waals surface area contributed by atoms with Gasteiger partial charge < -0.3 is 9.47 Å². The fourth-order valence-corrected chi connectivity index (χ4v) is 4.56. The van der Waals surface area contributed by atoms with Gasteiger partial charge in [0.15, 0.2) is 21.3 Å². The van der Waals surface area contributed by atoms with Crippen molar-refractivity contribution in [3.05, 3.63) is 48.0 Å². The van der Waals surface area contributed by atoms with E-state index in [2.05, 4.69) is 4.72 Å². The van der Waals surface area contributed by atoms with Crippen LogP contribution in [-0.4, -0.2) is 36.3 Å². The lowest BCUT2D eigenvalue weighted by Gasteiger charge is -2.16. The fraction of sp³-hybridized carbons (Fsp3) is 0.333. The van der Waals surface area contributed by atoms with Gasteiger partial charge in [0.25, 0.3) is 0 Å². The molecule has 0 radical (unpaired) electrons. The molecule has 9 heteroatoms. The molecule has 1 aliphatic heterocycles. The van der Waals surface area contributed by atoms with Crippen LogP contribution in [-0.2, 0) is 19.9 Å². The maximum absolute atomic E-state index is 12.7. The van der Waals surface area contributed by atoms with Gasteiger partial charge in [-0.1, -0.05) is 12.1 Å². The summed E-state index contributed by atoms with van der Waals surface area (Å²) in [5.74, 6) is 0.927. The van der Waals surface area contributed by atoms with E-state index in [1.54, 1.807) is 25.1 Å². The summed E-state index contributed by atoms with van der Waals surface area (Å²) in [4.78, 5) is 0.260. The number of nitrogens with one attached hydrogen (secondary N) is 1. The summed E-state index contributed by atoms with van der Waals surface area (Å²) in [5, 5.41) is 0. The van der Waals surface area contributed by atoms with E-state index in [9.17, 15) is 16.8 Å². The van der Waals surface area contributed by atoms with E-state index in [-0.39, 0.29) is 9.79 Å². The van der Waals surface area contributed by atoms with Gasteiger partial charge in [0.1, 0.15) is 0 Å². The Hall–Kier alpha value is -2.10. The molecule has 0 amide bonds. The van der Waals surface area contributed by atoms with E-state index in [0.717, 1.165) is 12.7 Å². The van der Waals surface area contributed by atoms with Crippen LogP contribution >= 0.6 is 0 Å². The summed E-state index contributed by atoms with van der Waals surface area (Å²) in [6.45, 7) is 2.68. The average molecular weight is 412 g/mol. The van der Waals surface area contributed by atoms with E-state index in [4.69, 9.17) is 9.47 Å². The molecule has 0 spiro atoms. The largest absolute Gasteiger partial charge is 0.490 e. The first-order valence-corrected chi connectivity index (χ1v) is 11.8. The number of ether oxygens (including phenoxy) is 2. The Balaban J connectivity index is 1.80. The molecule has 146 valence electrons. The SMILES string of the molecule is C[C@@H](NS(=O)(=O)c1ccc2c(c1)OCCCO2)c1ccc(S(C)(=O)=O)cc1. The van der Waals surface area contributed by atoms with Gasteiger partial charge in [-0.05, 0) is 36.8 Å². The Kier molecular flexibility index (Phi) is 5.45. The van der Waals surface area contributed by atoms with Crippen molar-refractivity contribution < 1.29 is 26.3 Å². The van der Waals surface area contributed by atoms with Crippen molar-refractivity contribution in [2.24, 2.45) is 0 Å². The molecule has 0 aromatic heterocycles. The van der Waals surface area contributed by atoms with Crippen LogP contribution < -0.4 is 14.2 Å². The van der Waals surface area contributed by atoms with Crippen molar-refractivity contribution in [1.82, 2.24) is 4.72 Å². The zero-order valence-corrected chi connectivity index (χ0v) is 16.6. The van der Waals surface area contributed by atoms with Crippen molar-refractivity contribution >= 4 is 19.9 Å². The molecule has 7 nitrogen and oxygen atoms in total. The maximum atomic E-state index is 12.7. The van der Waals surface area contributed by atoms with Gasteiger partial charge in [0, 0.05) is 24.8 Å². The molecular weight excluding hydrogens is 390 g/mol. The zero-order chi connectivity index (χ0) is 19.7. The molecular formula is C18H21NO6S2. The van der Waals surface area contributed by atoms with Gasteiger partial charge in [-0.15, -0.1) is 0 Å². The molecule has 2 aromatic carbocycles. The maximum Gasteiger partial charge on any atom is 0.241 e. The highest BCUT2D eigenvalue weighted by Crippen LogP contribution is 2.32. The first-order valence-electron chi connectivity index (χ1n) is 8.39. The predicted octanol–water partition coefficient (Wildman–Crippen LogP) is 2.29. The Labute approximate surface area is 159 Å². The summed E-state index contributed by atoms with van der Waals surface area (Å²) in [6, 6.07) is 10.1. The van der Waals surface area contributed by atoms with Crippen molar-refractivity contribution in [2.45, 2.75) is 29.2 Å². The molecule has 0 bridgehead atoms. The van der Waals surface area contributed by atoms with Gasteiger partial charge in [-0.3, -0.25) is 0 Å². The fourth-order valence-electron chi connectivity index (χ4n) is 2.68. The summed E-state index contributed by atoms with van der Waals surface area (Å²) >= 11 is 0. The second-order valence-electron chi connectivity index (χ2n) is 6.34. The van der Waals surface area contributed by atoms with Crippen LogP contribution in [0.5, 0.6) is 11.5 Å². The summed E-state index contributed by atoms with van der Waals surface area (Å²) in [6.07, 6.45) is 1.85. The first kappa shape index (κ1) is 19.7. The van der Waals surface area contributed by atoms with Crippen molar-refractivity contribution in [3.8, 4) is 11.5 Å². The number of hydrogen-bond acceptors (Lipinski definition) is 6. The average Bonchev–Trinajstić information content (AvgIpc) is 2.85. The van der Waals surface area contributed by atoms with Gasteiger partial charge in [-0.25, -0.2) is 21.6 Å². The topological polar surface area (TPSA) is 98.8 Å². The van der Waals surface area contributed by atoms with E-state index in [1.165, 1.54) is 24.3 Å². The molecule has 27 heavy (non-hydrogen) atoms. The number of fused-ring (bicyclic) bond motifs is 1. The summed E-state index contributed by atoms with van der Waals surface area (Å²) in [7, 11) is -7.09. The lowest BCUT2D eigenvalue weighted by atomic mass is 10.1. The van der Waals surface area contributed by atoms with Crippen LogP contribution in [0.15, 0.2) is 52.3 Å². The molecule has 1 heterocycles. The monoisotopic (exact) mass is 411 g/mol. The molecule has 1 N–H and O–H groups in total. The minimum absolute atomic E-state index is 0.0753. The van der Waals surface area contributed by atoms with Gasteiger partial charge in [0.2, 0.25) is 10.0 Å². The molecule has 1 aliphatic rings. The van der Waals surface area contributed by atoms with E-state index in [0.29, 0.717) is 30.3 Å². The molecule has 0 saturated carbocycles. The smallest absolute Gasteiger partial charge is 0.241 e. The van der Waals surface area contributed by atoms with Crippen LogP contribution in [0.25, 0.3) is 0 Å².